The number of pyridine rings is 1. The fraction of sp³-hybridized carbons (Fsp3) is 0.333. The van der Waals surface area contributed by atoms with Crippen LogP contribution in [-0.4, -0.2) is 35.0 Å². The van der Waals surface area contributed by atoms with Crippen molar-refractivity contribution in [3.05, 3.63) is 51.8 Å². The van der Waals surface area contributed by atoms with Gasteiger partial charge in [0.15, 0.2) is 0 Å². The number of benzene rings is 1. The molecule has 0 atom stereocenters. The van der Waals surface area contributed by atoms with Crippen LogP contribution in [-0.2, 0) is 18.4 Å². The minimum Gasteiger partial charge on any atom is -0.329 e. The first-order valence-electron chi connectivity index (χ1n) is 9.35. The Morgan fingerprint density at radius 2 is 2.11 bits per heavy atom. The van der Waals surface area contributed by atoms with E-state index in [4.69, 9.17) is 5.73 Å². The van der Waals surface area contributed by atoms with Gasteiger partial charge in [-0.1, -0.05) is 19.1 Å². The van der Waals surface area contributed by atoms with Gasteiger partial charge in [0, 0.05) is 60.6 Å². The highest BCUT2D eigenvalue weighted by molar-refractivity contribution is 7.19. The van der Waals surface area contributed by atoms with Gasteiger partial charge in [-0.15, -0.1) is 11.3 Å². The number of hydrogen-bond acceptors (Lipinski definition) is 5. The van der Waals surface area contributed by atoms with E-state index in [1.807, 2.05) is 36.5 Å². The highest BCUT2D eigenvalue weighted by Crippen LogP contribution is 2.34. The number of likely N-dealkylation sites (N-methyl/N-ethyl adjacent to an activating group) is 1. The van der Waals surface area contributed by atoms with Crippen LogP contribution in [0, 0.1) is 0 Å². The molecule has 7 heteroatoms. The number of carbonyl (C=O) groups is 1. The van der Waals surface area contributed by atoms with E-state index in [1.165, 1.54) is 6.92 Å². The smallest absolute Gasteiger partial charge is 0.259 e. The number of hydrogen-bond donors (Lipinski definition) is 2. The van der Waals surface area contributed by atoms with Crippen molar-refractivity contribution < 1.29 is 4.79 Å². The highest BCUT2D eigenvalue weighted by atomic mass is 32.1. The lowest BCUT2D eigenvalue weighted by Crippen LogP contribution is -2.28. The Labute approximate surface area is 168 Å². The predicted octanol–water partition coefficient (Wildman–Crippen LogP) is 3.01. The Bertz CT molecular complexity index is 1050. The van der Waals surface area contributed by atoms with E-state index in [-0.39, 0.29) is 11.5 Å². The van der Waals surface area contributed by atoms with Crippen molar-refractivity contribution in [3.63, 3.8) is 0 Å². The maximum Gasteiger partial charge on any atom is 0.259 e. The van der Waals surface area contributed by atoms with Gasteiger partial charge < -0.3 is 15.6 Å². The zero-order valence-corrected chi connectivity index (χ0v) is 17.3. The monoisotopic (exact) mass is 398 g/mol. The lowest BCUT2D eigenvalue weighted by molar-refractivity contribution is -0.114. The number of anilines is 1. The van der Waals surface area contributed by atoms with Crippen LogP contribution in [0.2, 0.25) is 0 Å². The summed E-state index contributed by atoms with van der Waals surface area (Å²) in [4.78, 5) is 27.5. The minimum absolute atomic E-state index is 0.00105. The number of thiophene rings is 1. The number of rotatable bonds is 7. The molecule has 0 fully saturated rings. The van der Waals surface area contributed by atoms with Gasteiger partial charge in [-0.05, 0) is 30.3 Å². The third-order valence-corrected chi connectivity index (χ3v) is 5.82. The zero-order valence-electron chi connectivity index (χ0n) is 16.5. The molecule has 1 amide bonds. The maximum absolute atomic E-state index is 12.7. The maximum atomic E-state index is 12.7. The number of nitrogens with zero attached hydrogens (tertiary/aromatic N) is 2. The lowest BCUT2D eigenvalue weighted by Gasteiger charge is -2.17. The molecule has 0 bridgehead atoms. The van der Waals surface area contributed by atoms with Crippen LogP contribution < -0.4 is 16.6 Å². The van der Waals surface area contributed by atoms with Crippen LogP contribution in [0.15, 0.2) is 41.3 Å². The molecule has 6 nitrogen and oxygen atoms in total. The van der Waals surface area contributed by atoms with Crippen LogP contribution in [0.1, 0.15) is 18.7 Å². The SMILES string of the molecule is CCN(CCN)Cc1cc2c(=O)n(C)cc(-c3cccc(NC(C)=O)c3)c2s1. The molecule has 3 N–H and O–H groups in total. The van der Waals surface area contributed by atoms with Crippen LogP contribution >= 0.6 is 11.3 Å². The standard InChI is InChI=1S/C21H26N4O2S/c1-4-25(9-8-22)12-17-11-18-20(28-17)19(13-24(3)21(18)27)15-6-5-7-16(10-15)23-14(2)26/h5-7,10-11,13H,4,8-9,12,22H2,1-3H3,(H,23,26). The Morgan fingerprint density at radius 3 is 2.79 bits per heavy atom. The number of aromatic nitrogens is 1. The Kier molecular flexibility index (Phi) is 6.28. The quantitative estimate of drug-likeness (QED) is 0.641. The zero-order chi connectivity index (χ0) is 20.3. The average Bonchev–Trinajstić information content (AvgIpc) is 3.08. The molecule has 2 aromatic heterocycles. The van der Waals surface area contributed by atoms with Crippen molar-refractivity contribution in [1.82, 2.24) is 9.47 Å². The molecule has 0 saturated carbocycles. The van der Waals surface area contributed by atoms with E-state index in [9.17, 15) is 9.59 Å². The van der Waals surface area contributed by atoms with Crippen molar-refractivity contribution in [2.45, 2.75) is 20.4 Å². The molecule has 0 aliphatic heterocycles. The van der Waals surface area contributed by atoms with Crippen molar-refractivity contribution >= 4 is 33.0 Å². The van der Waals surface area contributed by atoms with E-state index in [0.29, 0.717) is 6.54 Å². The fourth-order valence-electron chi connectivity index (χ4n) is 3.31. The predicted molar refractivity (Wildman–Crippen MR) is 117 cm³/mol. The third kappa shape index (κ3) is 4.32. The van der Waals surface area contributed by atoms with E-state index >= 15 is 0 Å². The Hall–Kier alpha value is -2.48. The Morgan fingerprint density at radius 1 is 1.32 bits per heavy atom. The largest absolute Gasteiger partial charge is 0.329 e. The van der Waals surface area contributed by atoms with E-state index < -0.39 is 0 Å². The minimum atomic E-state index is -0.110. The summed E-state index contributed by atoms with van der Waals surface area (Å²) in [6, 6.07) is 9.70. The third-order valence-electron chi connectivity index (χ3n) is 4.67. The summed E-state index contributed by atoms with van der Waals surface area (Å²) in [7, 11) is 1.77. The molecule has 0 aliphatic rings. The molecule has 0 spiro atoms. The summed E-state index contributed by atoms with van der Waals surface area (Å²) in [5.41, 5.74) is 8.40. The van der Waals surface area contributed by atoms with Crippen LogP contribution in [0.5, 0.6) is 0 Å². The second-order valence-corrected chi connectivity index (χ2v) is 7.97. The molecule has 1 aromatic carbocycles. The second kappa shape index (κ2) is 8.68. The van der Waals surface area contributed by atoms with E-state index in [0.717, 1.165) is 51.4 Å². The lowest BCUT2D eigenvalue weighted by atomic mass is 10.1. The van der Waals surface area contributed by atoms with Crippen molar-refractivity contribution in [2.75, 3.05) is 25.0 Å². The number of nitrogens with two attached hydrogens (primary N) is 1. The molecule has 3 rings (SSSR count). The summed E-state index contributed by atoms with van der Waals surface area (Å²) in [5.74, 6) is -0.110. The molecule has 3 aromatic rings. The van der Waals surface area contributed by atoms with Gasteiger partial charge in [0.1, 0.15) is 0 Å². The second-order valence-electron chi connectivity index (χ2n) is 6.83. The summed E-state index contributed by atoms with van der Waals surface area (Å²) < 4.78 is 2.60. The molecular weight excluding hydrogens is 372 g/mol. The van der Waals surface area contributed by atoms with Gasteiger partial charge in [0.2, 0.25) is 5.91 Å². The van der Waals surface area contributed by atoms with Crippen molar-refractivity contribution in [1.29, 1.82) is 0 Å². The first-order chi connectivity index (χ1) is 13.4. The topological polar surface area (TPSA) is 80.4 Å². The molecule has 0 saturated heterocycles. The summed E-state index contributed by atoms with van der Waals surface area (Å²) in [6.07, 6.45) is 1.87. The molecule has 0 aliphatic carbocycles. The number of fused-ring (bicyclic) bond motifs is 1. The van der Waals surface area contributed by atoms with Crippen molar-refractivity contribution in [2.24, 2.45) is 12.8 Å². The van der Waals surface area contributed by atoms with E-state index in [1.54, 1.807) is 23.0 Å². The van der Waals surface area contributed by atoms with Crippen LogP contribution in [0.4, 0.5) is 5.69 Å². The molecule has 148 valence electrons. The Balaban J connectivity index is 2.09. The van der Waals surface area contributed by atoms with E-state index in [2.05, 4.69) is 17.1 Å². The first-order valence-corrected chi connectivity index (χ1v) is 10.2. The van der Waals surface area contributed by atoms with Gasteiger partial charge in [-0.3, -0.25) is 14.5 Å². The molecule has 2 heterocycles. The van der Waals surface area contributed by atoms with Crippen LogP contribution in [0.25, 0.3) is 21.2 Å². The average molecular weight is 399 g/mol. The van der Waals surface area contributed by atoms with Gasteiger partial charge in [-0.25, -0.2) is 0 Å². The van der Waals surface area contributed by atoms with Gasteiger partial charge >= 0.3 is 0 Å². The van der Waals surface area contributed by atoms with Gasteiger partial charge in [0.05, 0.1) is 5.39 Å². The summed E-state index contributed by atoms with van der Waals surface area (Å²) in [5, 5.41) is 3.55. The number of aryl methyl sites for hydroxylation is 1. The number of amides is 1. The van der Waals surface area contributed by atoms with Crippen LogP contribution in [0.3, 0.4) is 0 Å². The molecule has 28 heavy (non-hydrogen) atoms. The summed E-state index contributed by atoms with van der Waals surface area (Å²) >= 11 is 1.65. The fourth-order valence-corrected chi connectivity index (χ4v) is 4.53. The normalized spacial score (nSPS) is 11.3. The highest BCUT2D eigenvalue weighted by Gasteiger charge is 2.15. The molecule has 0 radical (unpaired) electrons. The van der Waals surface area contributed by atoms with Gasteiger partial charge in [0.25, 0.3) is 5.56 Å². The first kappa shape index (κ1) is 20.3. The van der Waals surface area contributed by atoms with Gasteiger partial charge in [-0.2, -0.15) is 0 Å². The molecular formula is C21H26N4O2S. The summed E-state index contributed by atoms with van der Waals surface area (Å²) in [6.45, 7) is 6.73. The number of carbonyl (C=O) groups excluding carboxylic acids is 1. The molecule has 0 unspecified atom stereocenters. The van der Waals surface area contributed by atoms with Crippen molar-refractivity contribution in [3.8, 4) is 11.1 Å². The number of nitrogens with one attached hydrogen (secondary N) is 1.